The van der Waals surface area contributed by atoms with Crippen molar-refractivity contribution in [3.63, 3.8) is 0 Å². The first kappa shape index (κ1) is 10.7. The molecule has 1 heterocycles. The van der Waals surface area contributed by atoms with E-state index in [1.165, 1.54) is 0 Å². The summed E-state index contributed by atoms with van der Waals surface area (Å²) in [4.78, 5) is 7.68. The van der Waals surface area contributed by atoms with Crippen molar-refractivity contribution >= 4 is 0 Å². The van der Waals surface area contributed by atoms with Crippen molar-refractivity contribution < 1.29 is 4.74 Å². The molecule has 0 aliphatic heterocycles. The highest BCUT2D eigenvalue weighted by molar-refractivity contribution is 5.56. The first-order chi connectivity index (χ1) is 7.70. The fourth-order valence-corrected chi connectivity index (χ4v) is 1.52. The predicted molar refractivity (Wildman–Crippen MR) is 64.7 cm³/mol. The van der Waals surface area contributed by atoms with Gasteiger partial charge in [0.05, 0.1) is 7.11 Å². The zero-order chi connectivity index (χ0) is 11.5. The molecule has 0 fully saturated rings. The molecule has 3 heteroatoms. The number of aromatic nitrogens is 2. The first-order valence-electron chi connectivity index (χ1n) is 5.40. The summed E-state index contributed by atoms with van der Waals surface area (Å²) in [6.45, 7) is 4.29. The minimum atomic E-state index is 0.472. The molecule has 16 heavy (non-hydrogen) atoms. The van der Waals surface area contributed by atoms with Crippen molar-refractivity contribution in [2.75, 3.05) is 7.11 Å². The lowest BCUT2D eigenvalue weighted by Gasteiger charge is -2.01. The van der Waals surface area contributed by atoms with Gasteiger partial charge in [-0.05, 0) is 30.2 Å². The van der Waals surface area contributed by atoms with Crippen LogP contribution in [-0.4, -0.2) is 17.1 Å². The lowest BCUT2D eigenvalue weighted by molar-refractivity contribution is 0.415. The summed E-state index contributed by atoms with van der Waals surface area (Å²) in [7, 11) is 1.67. The van der Waals surface area contributed by atoms with Crippen LogP contribution < -0.4 is 4.74 Å². The van der Waals surface area contributed by atoms with E-state index in [-0.39, 0.29) is 0 Å². The summed E-state index contributed by atoms with van der Waals surface area (Å²) < 4.78 is 5.12. The zero-order valence-electron chi connectivity index (χ0n) is 9.82. The second-order valence-electron chi connectivity index (χ2n) is 4.07. The Kier molecular flexibility index (Phi) is 2.95. The highest BCUT2D eigenvalue weighted by Crippen LogP contribution is 2.21. The van der Waals surface area contributed by atoms with Gasteiger partial charge >= 0.3 is 0 Å². The highest BCUT2D eigenvalue weighted by atomic mass is 16.5. The Morgan fingerprint density at radius 1 is 1.19 bits per heavy atom. The Bertz CT molecular complexity index is 457. The zero-order valence-corrected chi connectivity index (χ0v) is 9.82. The number of rotatable bonds is 3. The molecule has 0 amide bonds. The van der Waals surface area contributed by atoms with Crippen LogP contribution in [0.25, 0.3) is 11.4 Å². The molecule has 1 aromatic heterocycles. The van der Waals surface area contributed by atoms with Crippen LogP contribution in [0, 0.1) is 0 Å². The molecule has 0 saturated heterocycles. The van der Waals surface area contributed by atoms with E-state index in [4.69, 9.17) is 4.74 Å². The number of hydrogen-bond acceptors (Lipinski definition) is 2. The Morgan fingerprint density at radius 2 is 1.88 bits per heavy atom. The van der Waals surface area contributed by atoms with Crippen LogP contribution in [-0.2, 0) is 0 Å². The SMILES string of the molecule is COc1ccc(-c2ncc(C(C)C)[nH]2)cc1. The number of aromatic amines is 1. The van der Waals surface area contributed by atoms with E-state index in [0.717, 1.165) is 22.8 Å². The Balaban J connectivity index is 2.28. The number of nitrogens with zero attached hydrogens (tertiary/aromatic N) is 1. The van der Waals surface area contributed by atoms with E-state index in [1.54, 1.807) is 7.11 Å². The molecule has 0 saturated carbocycles. The molecular formula is C13H16N2O. The first-order valence-corrected chi connectivity index (χ1v) is 5.40. The predicted octanol–water partition coefficient (Wildman–Crippen LogP) is 3.21. The second-order valence-corrected chi connectivity index (χ2v) is 4.07. The Morgan fingerprint density at radius 3 is 2.38 bits per heavy atom. The molecule has 2 aromatic rings. The maximum absolute atomic E-state index is 5.12. The lowest BCUT2D eigenvalue weighted by Crippen LogP contribution is -1.87. The lowest BCUT2D eigenvalue weighted by atomic mass is 10.1. The van der Waals surface area contributed by atoms with Gasteiger partial charge in [-0.1, -0.05) is 13.8 Å². The van der Waals surface area contributed by atoms with E-state index in [1.807, 2.05) is 30.5 Å². The van der Waals surface area contributed by atoms with E-state index in [9.17, 15) is 0 Å². The molecule has 0 atom stereocenters. The van der Waals surface area contributed by atoms with Crippen molar-refractivity contribution in [2.45, 2.75) is 19.8 Å². The molecule has 0 radical (unpaired) electrons. The third kappa shape index (κ3) is 2.08. The average molecular weight is 216 g/mol. The summed E-state index contributed by atoms with van der Waals surface area (Å²) in [5, 5.41) is 0. The fraction of sp³-hybridized carbons (Fsp3) is 0.308. The van der Waals surface area contributed by atoms with Gasteiger partial charge < -0.3 is 9.72 Å². The quantitative estimate of drug-likeness (QED) is 0.855. The van der Waals surface area contributed by atoms with Gasteiger partial charge in [0, 0.05) is 17.5 Å². The van der Waals surface area contributed by atoms with Crippen molar-refractivity contribution in [3.8, 4) is 17.1 Å². The van der Waals surface area contributed by atoms with Gasteiger partial charge in [-0.3, -0.25) is 0 Å². The Hall–Kier alpha value is -1.77. The average Bonchev–Trinajstić information content (AvgIpc) is 2.78. The summed E-state index contributed by atoms with van der Waals surface area (Å²) in [6.07, 6.45) is 1.89. The second kappa shape index (κ2) is 4.39. The van der Waals surface area contributed by atoms with Gasteiger partial charge in [0.25, 0.3) is 0 Å². The number of imidazole rings is 1. The van der Waals surface area contributed by atoms with E-state index in [2.05, 4.69) is 23.8 Å². The topological polar surface area (TPSA) is 37.9 Å². The van der Waals surface area contributed by atoms with Crippen LogP contribution in [0.4, 0.5) is 0 Å². The standard InChI is InChI=1S/C13H16N2O/c1-9(2)12-8-14-13(15-12)10-4-6-11(16-3)7-5-10/h4-9H,1-3H3,(H,14,15). The van der Waals surface area contributed by atoms with Gasteiger partial charge in [0.1, 0.15) is 11.6 Å². The van der Waals surface area contributed by atoms with Crippen molar-refractivity contribution in [2.24, 2.45) is 0 Å². The number of hydrogen-bond donors (Lipinski definition) is 1. The normalized spacial score (nSPS) is 10.8. The number of methoxy groups -OCH3 is 1. The van der Waals surface area contributed by atoms with Crippen molar-refractivity contribution in [1.82, 2.24) is 9.97 Å². The number of nitrogens with one attached hydrogen (secondary N) is 1. The van der Waals surface area contributed by atoms with Gasteiger partial charge in [-0.2, -0.15) is 0 Å². The van der Waals surface area contributed by atoms with Gasteiger partial charge in [0.2, 0.25) is 0 Å². The Labute approximate surface area is 95.5 Å². The van der Waals surface area contributed by atoms with E-state index < -0.39 is 0 Å². The maximum atomic E-state index is 5.12. The molecular weight excluding hydrogens is 200 g/mol. The smallest absolute Gasteiger partial charge is 0.137 e. The third-order valence-electron chi connectivity index (χ3n) is 2.58. The van der Waals surface area contributed by atoms with Crippen LogP contribution in [0.2, 0.25) is 0 Å². The number of H-pyrrole nitrogens is 1. The molecule has 0 bridgehead atoms. The number of ether oxygens (including phenoxy) is 1. The monoisotopic (exact) mass is 216 g/mol. The van der Waals surface area contributed by atoms with Crippen LogP contribution in [0.3, 0.4) is 0 Å². The minimum absolute atomic E-state index is 0.472. The largest absolute Gasteiger partial charge is 0.497 e. The van der Waals surface area contributed by atoms with Crippen LogP contribution in [0.5, 0.6) is 5.75 Å². The van der Waals surface area contributed by atoms with Crippen molar-refractivity contribution in [1.29, 1.82) is 0 Å². The third-order valence-corrected chi connectivity index (χ3v) is 2.58. The van der Waals surface area contributed by atoms with Gasteiger partial charge in [-0.15, -0.1) is 0 Å². The van der Waals surface area contributed by atoms with Crippen LogP contribution in [0.1, 0.15) is 25.5 Å². The molecule has 0 aliphatic carbocycles. The van der Waals surface area contributed by atoms with Gasteiger partial charge in [-0.25, -0.2) is 4.98 Å². The van der Waals surface area contributed by atoms with E-state index in [0.29, 0.717) is 5.92 Å². The van der Waals surface area contributed by atoms with Crippen molar-refractivity contribution in [3.05, 3.63) is 36.2 Å². The molecule has 1 aromatic carbocycles. The van der Waals surface area contributed by atoms with Gasteiger partial charge in [0.15, 0.2) is 0 Å². The van der Waals surface area contributed by atoms with Crippen LogP contribution >= 0.6 is 0 Å². The maximum Gasteiger partial charge on any atom is 0.137 e. The molecule has 0 unspecified atom stereocenters. The molecule has 2 rings (SSSR count). The minimum Gasteiger partial charge on any atom is -0.497 e. The number of benzene rings is 1. The summed E-state index contributed by atoms with van der Waals surface area (Å²) >= 11 is 0. The molecule has 0 aliphatic rings. The summed E-state index contributed by atoms with van der Waals surface area (Å²) in [6, 6.07) is 7.88. The molecule has 84 valence electrons. The van der Waals surface area contributed by atoms with Crippen LogP contribution in [0.15, 0.2) is 30.5 Å². The summed E-state index contributed by atoms with van der Waals surface area (Å²) in [5.74, 6) is 2.24. The van der Waals surface area contributed by atoms with E-state index >= 15 is 0 Å². The highest BCUT2D eigenvalue weighted by Gasteiger charge is 2.05. The molecule has 0 spiro atoms. The molecule has 1 N–H and O–H groups in total. The summed E-state index contributed by atoms with van der Waals surface area (Å²) in [5.41, 5.74) is 2.23. The molecule has 3 nitrogen and oxygen atoms in total. The fourth-order valence-electron chi connectivity index (χ4n) is 1.52.